The molecule has 7 heteroatoms. The van der Waals surface area contributed by atoms with Crippen molar-refractivity contribution in [2.45, 2.75) is 18.9 Å². The molecule has 5 nitrogen and oxygen atoms in total. The molecule has 144 valence electrons. The van der Waals surface area contributed by atoms with Crippen molar-refractivity contribution >= 4 is 24.8 Å². The fraction of sp³-hybridized carbons (Fsp3) is 0.556. The number of halogens is 2. The summed E-state index contributed by atoms with van der Waals surface area (Å²) in [6.07, 6.45) is 3.95. The zero-order valence-corrected chi connectivity index (χ0v) is 16.9. The summed E-state index contributed by atoms with van der Waals surface area (Å²) >= 11 is 0. The van der Waals surface area contributed by atoms with Crippen LogP contribution in [0.2, 0.25) is 0 Å². The van der Waals surface area contributed by atoms with Crippen LogP contribution in [0.3, 0.4) is 0 Å². The lowest BCUT2D eigenvalue weighted by molar-refractivity contribution is 0.162. The Morgan fingerprint density at radius 1 is 1.08 bits per heavy atom. The van der Waals surface area contributed by atoms with Gasteiger partial charge in [-0.2, -0.15) is 0 Å². The Balaban J connectivity index is 0.00000288. The Morgan fingerprint density at radius 2 is 1.72 bits per heavy atom. The highest BCUT2D eigenvalue weighted by Gasteiger charge is 2.27. The normalized spacial score (nSPS) is 15.3. The molecule has 0 bridgehead atoms. The van der Waals surface area contributed by atoms with Crippen LogP contribution in [0.25, 0.3) is 0 Å². The smallest absolute Gasteiger partial charge is 0.203 e. The van der Waals surface area contributed by atoms with Crippen LogP contribution in [0, 0.1) is 0 Å². The molecule has 1 atom stereocenters. The number of allylic oxidation sites excluding steroid dienone is 1. The molecule has 0 amide bonds. The number of nitrogens with one attached hydrogen (secondary N) is 1. The summed E-state index contributed by atoms with van der Waals surface area (Å²) in [6.45, 7) is 7.95. The van der Waals surface area contributed by atoms with Crippen molar-refractivity contribution in [2.75, 3.05) is 47.5 Å². The van der Waals surface area contributed by atoms with E-state index in [1.54, 1.807) is 21.3 Å². The molecular weight excluding hydrogens is 363 g/mol. The maximum atomic E-state index is 5.69. The lowest BCUT2D eigenvalue weighted by atomic mass is 9.97. The van der Waals surface area contributed by atoms with E-state index in [1.165, 1.54) is 0 Å². The standard InChI is InChI=1S/C18H28N2O3.2ClH/c1-5-6-7-15(20-12-10-19-11-13-20)14-8-9-16(21-2)18(23-4)17(14)22-3;;/h5,8-9,15,19H,1,6-7,10-13H2,2-4H3;2*1H/t15-;;/m1../s1. The van der Waals surface area contributed by atoms with Gasteiger partial charge in [0.15, 0.2) is 11.5 Å². The zero-order chi connectivity index (χ0) is 16.7. The van der Waals surface area contributed by atoms with Gasteiger partial charge in [0, 0.05) is 37.8 Å². The first kappa shape index (κ1) is 23.9. The molecule has 1 fully saturated rings. The molecule has 1 aromatic rings. The molecule has 0 aromatic heterocycles. The SMILES string of the molecule is C=CCC[C@H](c1ccc(OC)c(OC)c1OC)N1CCNCC1.Cl.Cl. The fourth-order valence-corrected chi connectivity index (χ4v) is 3.19. The topological polar surface area (TPSA) is 43.0 Å². The maximum absolute atomic E-state index is 5.69. The Labute approximate surface area is 163 Å². The summed E-state index contributed by atoms with van der Waals surface area (Å²) in [6, 6.07) is 4.33. The van der Waals surface area contributed by atoms with Gasteiger partial charge < -0.3 is 19.5 Å². The number of benzene rings is 1. The second-order valence-electron chi connectivity index (χ2n) is 5.59. The van der Waals surface area contributed by atoms with E-state index >= 15 is 0 Å². The van der Waals surface area contributed by atoms with Crippen LogP contribution in [-0.4, -0.2) is 52.4 Å². The molecule has 1 saturated heterocycles. The maximum Gasteiger partial charge on any atom is 0.203 e. The van der Waals surface area contributed by atoms with Crippen molar-refractivity contribution in [3.63, 3.8) is 0 Å². The van der Waals surface area contributed by atoms with Gasteiger partial charge in [-0.3, -0.25) is 4.90 Å². The highest BCUT2D eigenvalue weighted by Crippen LogP contribution is 2.44. The number of piperazine rings is 1. The summed E-state index contributed by atoms with van der Waals surface area (Å²) < 4.78 is 16.6. The van der Waals surface area contributed by atoms with Gasteiger partial charge in [-0.05, 0) is 25.0 Å². The van der Waals surface area contributed by atoms with Crippen molar-refractivity contribution in [2.24, 2.45) is 0 Å². The van der Waals surface area contributed by atoms with E-state index in [2.05, 4.69) is 22.9 Å². The lowest BCUT2D eigenvalue weighted by Crippen LogP contribution is -2.45. The van der Waals surface area contributed by atoms with Crippen LogP contribution in [0.4, 0.5) is 0 Å². The van der Waals surface area contributed by atoms with Gasteiger partial charge >= 0.3 is 0 Å². The molecular formula is C18H30Cl2N2O3. The van der Waals surface area contributed by atoms with Gasteiger partial charge in [-0.15, -0.1) is 31.4 Å². The summed E-state index contributed by atoms with van der Waals surface area (Å²) in [5, 5.41) is 3.41. The van der Waals surface area contributed by atoms with Crippen molar-refractivity contribution in [1.82, 2.24) is 10.2 Å². The summed E-state index contributed by atoms with van der Waals surface area (Å²) in [5.74, 6) is 2.11. The van der Waals surface area contributed by atoms with Crippen LogP contribution < -0.4 is 19.5 Å². The van der Waals surface area contributed by atoms with Gasteiger partial charge in [0.1, 0.15) is 0 Å². The number of ether oxygens (including phenoxy) is 3. The van der Waals surface area contributed by atoms with Crippen molar-refractivity contribution in [3.8, 4) is 17.2 Å². The Kier molecular flexibility index (Phi) is 11.7. The second kappa shape index (κ2) is 12.3. The second-order valence-corrected chi connectivity index (χ2v) is 5.59. The first-order chi connectivity index (χ1) is 11.3. The predicted molar refractivity (Wildman–Crippen MR) is 107 cm³/mol. The van der Waals surface area contributed by atoms with E-state index in [0.29, 0.717) is 11.5 Å². The van der Waals surface area contributed by atoms with E-state index in [-0.39, 0.29) is 30.9 Å². The van der Waals surface area contributed by atoms with E-state index in [1.807, 2.05) is 12.1 Å². The third-order valence-corrected chi connectivity index (χ3v) is 4.33. The Morgan fingerprint density at radius 3 is 2.24 bits per heavy atom. The molecule has 1 heterocycles. The molecule has 0 unspecified atom stereocenters. The van der Waals surface area contributed by atoms with Crippen molar-refractivity contribution in [1.29, 1.82) is 0 Å². The first-order valence-corrected chi connectivity index (χ1v) is 8.11. The summed E-state index contributed by atoms with van der Waals surface area (Å²) in [5.41, 5.74) is 1.15. The number of nitrogens with zero attached hydrogens (tertiary/aromatic N) is 1. The minimum absolute atomic E-state index is 0. The fourth-order valence-electron chi connectivity index (χ4n) is 3.19. The largest absolute Gasteiger partial charge is 0.493 e. The number of rotatable bonds is 8. The van der Waals surface area contributed by atoms with E-state index in [9.17, 15) is 0 Å². The molecule has 1 N–H and O–H groups in total. The molecule has 0 radical (unpaired) electrons. The molecule has 1 aromatic carbocycles. The highest BCUT2D eigenvalue weighted by molar-refractivity contribution is 5.85. The number of methoxy groups -OCH3 is 3. The zero-order valence-electron chi connectivity index (χ0n) is 15.2. The van der Waals surface area contributed by atoms with Gasteiger partial charge in [0.2, 0.25) is 5.75 Å². The lowest BCUT2D eigenvalue weighted by Gasteiger charge is -2.36. The molecule has 0 aliphatic carbocycles. The molecule has 2 rings (SSSR count). The Hall–Kier alpha value is -1.14. The van der Waals surface area contributed by atoms with Crippen LogP contribution in [0.5, 0.6) is 17.2 Å². The average molecular weight is 393 g/mol. The predicted octanol–water partition coefficient (Wildman–Crippen LogP) is 3.47. The highest BCUT2D eigenvalue weighted by atomic mass is 35.5. The van der Waals surface area contributed by atoms with E-state index in [4.69, 9.17) is 14.2 Å². The number of hydrogen-bond donors (Lipinski definition) is 1. The summed E-state index contributed by atoms with van der Waals surface area (Å²) in [4.78, 5) is 2.50. The third kappa shape index (κ3) is 5.68. The monoisotopic (exact) mass is 392 g/mol. The van der Waals surface area contributed by atoms with Gasteiger partial charge in [0.05, 0.1) is 21.3 Å². The molecule has 1 aliphatic rings. The summed E-state index contributed by atoms with van der Waals surface area (Å²) in [7, 11) is 4.97. The van der Waals surface area contributed by atoms with Gasteiger partial charge in [-0.25, -0.2) is 0 Å². The molecule has 0 saturated carbocycles. The van der Waals surface area contributed by atoms with Crippen molar-refractivity contribution < 1.29 is 14.2 Å². The minimum Gasteiger partial charge on any atom is -0.493 e. The van der Waals surface area contributed by atoms with Gasteiger partial charge in [-0.1, -0.05) is 6.08 Å². The molecule has 1 aliphatic heterocycles. The third-order valence-electron chi connectivity index (χ3n) is 4.33. The van der Waals surface area contributed by atoms with Crippen LogP contribution in [0.1, 0.15) is 24.4 Å². The van der Waals surface area contributed by atoms with Gasteiger partial charge in [0.25, 0.3) is 0 Å². The first-order valence-electron chi connectivity index (χ1n) is 8.11. The average Bonchev–Trinajstić information content (AvgIpc) is 2.62. The van der Waals surface area contributed by atoms with E-state index < -0.39 is 0 Å². The van der Waals surface area contributed by atoms with Crippen LogP contribution >= 0.6 is 24.8 Å². The molecule has 0 spiro atoms. The number of hydrogen-bond acceptors (Lipinski definition) is 5. The van der Waals surface area contributed by atoms with Crippen LogP contribution in [0.15, 0.2) is 24.8 Å². The molecule has 25 heavy (non-hydrogen) atoms. The van der Waals surface area contributed by atoms with E-state index in [0.717, 1.165) is 50.3 Å². The quantitative estimate of drug-likeness (QED) is 0.686. The minimum atomic E-state index is 0. The Bertz CT molecular complexity index is 523. The van der Waals surface area contributed by atoms with Crippen molar-refractivity contribution in [3.05, 3.63) is 30.4 Å². The van der Waals surface area contributed by atoms with Crippen LogP contribution in [-0.2, 0) is 0 Å².